The highest BCUT2D eigenvalue weighted by Crippen LogP contribution is 2.34. The van der Waals surface area contributed by atoms with Crippen molar-refractivity contribution in [1.82, 2.24) is 5.32 Å². The summed E-state index contributed by atoms with van der Waals surface area (Å²) in [5, 5.41) is 13.3. The predicted molar refractivity (Wildman–Crippen MR) is 75.2 cm³/mol. The second kappa shape index (κ2) is 7.81. The van der Waals surface area contributed by atoms with Crippen LogP contribution in [0.25, 0.3) is 0 Å². The lowest BCUT2D eigenvalue weighted by Crippen LogP contribution is -2.31. The molecule has 9 nitrogen and oxygen atoms in total. The molecular formula is C13H16N2O7. The van der Waals surface area contributed by atoms with Crippen molar-refractivity contribution in [2.75, 3.05) is 27.4 Å². The Bertz CT molecular complexity index is 586. The number of carbonyl (C=O) groups is 2. The lowest BCUT2D eigenvalue weighted by atomic mass is 10.1. The van der Waals surface area contributed by atoms with Crippen molar-refractivity contribution in [3.63, 3.8) is 0 Å². The van der Waals surface area contributed by atoms with Crippen LogP contribution in [0.4, 0.5) is 5.69 Å². The second-order valence-corrected chi connectivity index (χ2v) is 3.97. The molecule has 0 unspecified atom stereocenters. The van der Waals surface area contributed by atoms with E-state index in [0.29, 0.717) is 0 Å². The molecule has 0 spiro atoms. The molecule has 0 aliphatic heterocycles. The van der Waals surface area contributed by atoms with Crippen LogP contribution in [0.2, 0.25) is 0 Å². The van der Waals surface area contributed by atoms with Crippen LogP contribution in [0.5, 0.6) is 11.5 Å². The van der Waals surface area contributed by atoms with Crippen LogP contribution in [0.3, 0.4) is 0 Å². The van der Waals surface area contributed by atoms with E-state index in [1.807, 2.05) is 0 Å². The number of nitrogens with one attached hydrogen (secondary N) is 1. The van der Waals surface area contributed by atoms with Gasteiger partial charge in [0.15, 0.2) is 11.5 Å². The smallest absolute Gasteiger partial charge is 0.325 e. The highest BCUT2D eigenvalue weighted by Gasteiger charge is 2.24. The van der Waals surface area contributed by atoms with Crippen molar-refractivity contribution in [2.45, 2.75) is 6.92 Å². The first-order valence-corrected chi connectivity index (χ1v) is 6.28. The van der Waals surface area contributed by atoms with Gasteiger partial charge in [0.1, 0.15) is 12.1 Å². The Morgan fingerprint density at radius 1 is 1.23 bits per heavy atom. The van der Waals surface area contributed by atoms with Gasteiger partial charge in [0.2, 0.25) is 0 Å². The Balaban J connectivity index is 3.08. The third-order valence-electron chi connectivity index (χ3n) is 2.64. The minimum absolute atomic E-state index is 0.121. The Morgan fingerprint density at radius 2 is 1.82 bits per heavy atom. The minimum Gasteiger partial charge on any atom is -0.493 e. The van der Waals surface area contributed by atoms with Crippen molar-refractivity contribution < 1.29 is 28.7 Å². The van der Waals surface area contributed by atoms with Crippen LogP contribution < -0.4 is 14.8 Å². The molecule has 0 bridgehead atoms. The average Bonchev–Trinajstić information content (AvgIpc) is 2.51. The molecule has 1 aromatic rings. The van der Waals surface area contributed by atoms with Crippen LogP contribution >= 0.6 is 0 Å². The molecule has 22 heavy (non-hydrogen) atoms. The summed E-state index contributed by atoms with van der Waals surface area (Å²) in [7, 11) is 2.66. The van der Waals surface area contributed by atoms with Crippen LogP contribution in [0, 0.1) is 10.1 Å². The van der Waals surface area contributed by atoms with E-state index in [2.05, 4.69) is 10.1 Å². The van der Waals surface area contributed by atoms with Crippen LogP contribution in [-0.4, -0.2) is 44.2 Å². The highest BCUT2D eigenvalue weighted by molar-refractivity contribution is 6.00. The maximum Gasteiger partial charge on any atom is 0.325 e. The summed E-state index contributed by atoms with van der Waals surface area (Å²) in [5.41, 5.74) is -0.703. The van der Waals surface area contributed by atoms with E-state index >= 15 is 0 Å². The number of methoxy groups -OCH3 is 2. The summed E-state index contributed by atoms with van der Waals surface area (Å²) in [4.78, 5) is 33.6. The van der Waals surface area contributed by atoms with Gasteiger partial charge < -0.3 is 19.5 Å². The van der Waals surface area contributed by atoms with Crippen molar-refractivity contribution in [2.24, 2.45) is 0 Å². The molecule has 0 saturated heterocycles. The van der Waals surface area contributed by atoms with Crippen molar-refractivity contribution in [3.05, 3.63) is 27.8 Å². The number of hydrogen-bond donors (Lipinski definition) is 1. The molecule has 1 N–H and O–H groups in total. The number of nitrogens with zero attached hydrogens (tertiary/aromatic N) is 1. The van der Waals surface area contributed by atoms with E-state index in [-0.39, 0.29) is 23.7 Å². The number of amides is 1. The third-order valence-corrected chi connectivity index (χ3v) is 2.64. The van der Waals surface area contributed by atoms with Gasteiger partial charge in [-0.3, -0.25) is 19.7 Å². The van der Waals surface area contributed by atoms with Crippen LogP contribution in [0.1, 0.15) is 17.3 Å². The number of nitro benzene ring substituents is 1. The summed E-state index contributed by atoms with van der Waals surface area (Å²) < 4.78 is 14.6. The molecule has 0 saturated carbocycles. The predicted octanol–water partition coefficient (Wildman–Crippen LogP) is 0.905. The van der Waals surface area contributed by atoms with Crippen molar-refractivity contribution in [1.29, 1.82) is 0 Å². The standard InChI is InChI=1S/C13H16N2O7/c1-4-22-12(16)7-14-13(17)8-5-10(20-2)11(21-3)6-9(8)15(18)19/h5-6H,4,7H2,1-3H3,(H,14,17). The number of benzene rings is 1. The first-order valence-electron chi connectivity index (χ1n) is 6.28. The van der Waals surface area contributed by atoms with Gasteiger partial charge in [-0.1, -0.05) is 0 Å². The van der Waals surface area contributed by atoms with Gasteiger partial charge in [-0.15, -0.1) is 0 Å². The average molecular weight is 312 g/mol. The molecule has 1 rings (SSSR count). The first kappa shape index (κ1) is 17.2. The fourth-order valence-corrected chi connectivity index (χ4v) is 1.66. The van der Waals surface area contributed by atoms with E-state index in [9.17, 15) is 19.7 Å². The maximum absolute atomic E-state index is 12.0. The zero-order chi connectivity index (χ0) is 16.7. The monoisotopic (exact) mass is 312 g/mol. The van der Waals surface area contributed by atoms with E-state index in [1.165, 1.54) is 20.3 Å². The Labute approximate surface area is 126 Å². The molecule has 0 fully saturated rings. The van der Waals surface area contributed by atoms with E-state index < -0.39 is 29.0 Å². The lowest BCUT2D eigenvalue weighted by molar-refractivity contribution is -0.385. The molecule has 0 aromatic heterocycles. The van der Waals surface area contributed by atoms with Gasteiger partial charge >= 0.3 is 5.97 Å². The number of esters is 1. The summed E-state index contributed by atoms with van der Waals surface area (Å²) in [5.74, 6) is -1.15. The minimum atomic E-state index is -0.791. The maximum atomic E-state index is 12.0. The van der Waals surface area contributed by atoms with Gasteiger partial charge in [-0.25, -0.2) is 0 Å². The SMILES string of the molecule is CCOC(=O)CNC(=O)c1cc(OC)c(OC)cc1[N+](=O)[O-]. The molecule has 0 radical (unpaired) electrons. The quantitative estimate of drug-likeness (QED) is 0.451. The van der Waals surface area contributed by atoms with Crippen molar-refractivity contribution in [3.8, 4) is 11.5 Å². The zero-order valence-corrected chi connectivity index (χ0v) is 12.4. The largest absolute Gasteiger partial charge is 0.493 e. The topological polar surface area (TPSA) is 117 Å². The molecule has 0 aliphatic rings. The number of hydrogen-bond acceptors (Lipinski definition) is 7. The third kappa shape index (κ3) is 4.08. The summed E-state index contributed by atoms with van der Waals surface area (Å²) in [6, 6.07) is 2.26. The molecule has 0 atom stereocenters. The van der Waals surface area contributed by atoms with Gasteiger partial charge in [0.25, 0.3) is 11.6 Å². The normalized spacial score (nSPS) is 9.77. The summed E-state index contributed by atoms with van der Waals surface area (Å²) >= 11 is 0. The molecule has 9 heteroatoms. The number of nitro groups is 1. The molecule has 1 amide bonds. The Hall–Kier alpha value is -2.84. The lowest BCUT2D eigenvalue weighted by Gasteiger charge is -2.10. The highest BCUT2D eigenvalue weighted by atomic mass is 16.6. The Morgan fingerprint density at radius 3 is 2.32 bits per heavy atom. The van der Waals surface area contributed by atoms with Crippen LogP contribution in [-0.2, 0) is 9.53 Å². The fourth-order valence-electron chi connectivity index (χ4n) is 1.66. The van der Waals surface area contributed by atoms with E-state index in [0.717, 1.165) is 6.07 Å². The van der Waals surface area contributed by atoms with Crippen LogP contribution in [0.15, 0.2) is 12.1 Å². The summed E-state index contributed by atoms with van der Waals surface area (Å²) in [6.07, 6.45) is 0. The van der Waals surface area contributed by atoms with Crippen molar-refractivity contribution >= 4 is 17.6 Å². The second-order valence-electron chi connectivity index (χ2n) is 3.97. The Kier molecular flexibility index (Phi) is 6.11. The molecular weight excluding hydrogens is 296 g/mol. The van der Waals surface area contributed by atoms with E-state index in [4.69, 9.17) is 9.47 Å². The molecule has 1 aromatic carbocycles. The number of ether oxygens (including phenoxy) is 3. The zero-order valence-electron chi connectivity index (χ0n) is 12.4. The van der Waals surface area contributed by atoms with Gasteiger partial charge in [-0.2, -0.15) is 0 Å². The molecule has 0 heterocycles. The van der Waals surface area contributed by atoms with Gasteiger partial charge in [0.05, 0.1) is 31.8 Å². The molecule has 120 valence electrons. The number of carbonyl (C=O) groups excluding carboxylic acids is 2. The van der Waals surface area contributed by atoms with Gasteiger partial charge in [-0.05, 0) is 6.92 Å². The molecule has 0 aliphatic carbocycles. The van der Waals surface area contributed by atoms with E-state index in [1.54, 1.807) is 6.92 Å². The fraction of sp³-hybridized carbons (Fsp3) is 0.385. The number of rotatable bonds is 7. The first-order chi connectivity index (χ1) is 10.4. The van der Waals surface area contributed by atoms with Gasteiger partial charge in [0, 0.05) is 6.07 Å². The summed E-state index contributed by atoms with van der Waals surface area (Å²) in [6.45, 7) is 1.41.